The summed E-state index contributed by atoms with van der Waals surface area (Å²) in [6, 6.07) is 9.88. The third-order valence-corrected chi connectivity index (χ3v) is 6.78. The van der Waals surface area contributed by atoms with Crippen molar-refractivity contribution in [1.82, 2.24) is 0 Å². The van der Waals surface area contributed by atoms with Crippen LogP contribution in [0.4, 0.5) is 10.3 Å². The van der Waals surface area contributed by atoms with E-state index in [2.05, 4.69) is 4.40 Å². The first-order valence-corrected chi connectivity index (χ1v) is 11.2. The molecule has 1 aliphatic heterocycles. The first-order valence-electron chi connectivity index (χ1n) is 10.1. The third kappa shape index (κ3) is 4.19. The normalized spacial score (nSPS) is 15.4. The summed E-state index contributed by atoms with van der Waals surface area (Å²) in [5.41, 5.74) is 4.23. The second kappa shape index (κ2) is 7.71. The molecule has 0 spiro atoms. The molecular formula is C24H25FN2O3S. The van der Waals surface area contributed by atoms with Gasteiger partial charge in [-0.1, -0.05) is 6.07 Å². The van der Waals surface area contributed by atoms with E-state index < -0.39 is 15.7 Å². The van der Waals surface area contributed by atoms with Crippen LogP contribution in [-0.4, -0.2) is 14.7 Å². The third-order valence-electron chi connectivity index (χ3n) is 5.30. The predicted molar refractivity (Wildman–Crippen MR) is 124 cm³/mol. The van der Waals surface area contributed by atoms with Gasteiger partial charge in [0.2, 0.25) is 5.88 Å². The van der Waals surface area contributed by atoms with E-state index in [4.69, 9.17) is 4.42 Å². The van der Waals surface area contributed by atoms with Crippen molar-refractivity contribution in [3.05, 3.63) is 74.7 Å². The van der Waals surface area contributed by atoms with Crippen LogP contribution in [0.2, 0.25) is 0 Å². The zero-order valence-electron chi connectivity index (χ0n) is 18.3. The van der Waals surface area contributed by atoms with Crippen LogP contribution in [0.3, 0.4) is 0 Å². The average molecular weight is 441 g/mol. The minimum Gasteiger partial charge on any atom is -0.440 e. The maximum Gasteiger partial charge on any atom is 0.200 e. The lowest BCUT2D eigenvalue weighted by atomic mass is 10.0. The zero-order chi connectivity index (χ0) is 22.5. The Balaban J connectivity index is 1.82. The van der Waals surface area contributed by atoms with Gasteiger partial charge in [-0.05, 0) is 75.6 Å². The van der Waals surface area contributed by atoms with Gasteiger partial charge in [-0.15, -0.1) is 0 Å². The molecule has 162 valence electrons. The molecule has 0 N–H and O–H groups in total. The minimum absolute atomic E-state index is 0.159. The molecular weight excluding hydrogens is 415 g/mol. The maximum atomic E-state index is 13.6. The Hall–Kier alpha value is -2.80. The maximum absolute atomic E-state index is 13.6. The molecule has 0 saturated heterocycles. The van der Waals surface area contributed by atoms with E-state index in [1.54, 1.807) is 19.1 Å². The minimum atomic E-state index is -1.44. The zero-order valence-corrected chi connectivity index (χ0v) is 19.1. The Bertz CT molecular complexity index is 1300. The molecule has 2 aromatic carbocycles. The number of aryl methyl sites for hydroxylation is 1. The summed E-state index contributed by atoms with van der Waals surface area (Å²) in [5, 5.41) is 0.456. The first-order chi connectivity index (χ1) is 14.5. The van der Waals surface area contributed by atoms with Gasteiger partial charge in [-0.2, -0.15) is 4.40 Å². The van der Waals surface area contributed by atoms with E-state index in [0.717, 1.165) is 16.7 Å². The van der Waals surface area contributed by atoms with E-state index in [0.29, 0.717) is 41.2 Å². The largest absolute Gasteiger partial charge is 0.440 e. The summed E-state index contributed by atoms with van der Waals surface area (Å²) in [7, 11) is -1.44. The van der Waals surface area contributed by atoms with Gasteiger partial charge >= 0.3 is 0 Å². The van der Waals surface area contributed by atoms with Crippen LogP contribution >= 0.6 is 0 Å². The lowest BCUT2D eigenvalue weighted by Gasteiger charge is -2.18. The molecule has 3 aromatic rings. The molecule has 0 bridgehead atoms. The fraction of sp³-hybridized carbons (Fsp3) is 0.333. The summed E-state index contributed by atoms with van der Waals surface area (Å²) < 4.78 is 36.3. The smallest absolute Gasteiger partial charge is 0.200 e. The molecule has 5 nitrogen and oxygen atoms in total. The van der Waals surface area contributed by atoms with Crippen LogP contribution in [0.5, 0.6) is 0 Å². The summed E-state index contributed by atoms with van der Waals surface area (Å²) in [5.74, 6) is 0.140. The number of nitrogens with zero attached hydrogens (tertiary/aromatic N) is 2. The number of halogens is 1. The molecule has 1 aliphatic rings. The Labute approximate surface area is 183 Å². The number of benzene rings is 2. The molecule has 1 unspecified atom stereocenters. The number of rotatable bonds is 3. The lowest BCUT2D eigenvalue weighted by Crippen LogP contribution is -2.21. The number of anilines is 1. The van der Waals surface area contributed by atoms with Crippen molar-refractivity contribution < 1.29 is 13.0 Å². The second-order valence-electron chi connectivity index (χ2n) is 8.95. The number of hydrogen-bond acceptors (Lipinski definition) is 4. The molecule has 0 aliphatic carbocycles. The van der Waals surface area contributed by atoms with Gasteiger partial charge in [0.1, 0.15) is 22.4 Å². The molecule has 0 saturated carbocycles. The molecule has 4 rings (SSSR count). The molecule has 0 amide bonds. The first kappa shape index (κ1) is 21.4. The SMILES string of the molecule is CC(=NS(=O)C(C)(C)C)c1cc(C)cc2c(=O)cc(N3Cc4ccc(F)cc4C3)oc12. The highest BCUT2D eigenvalue weighted by Crippen LogP contribution is 2.31. The van der Waals surface area contributed by atoms with E-state index in [-0.39, 0.29) is 11.2 Å². The van der Waals surface area contributed by atoms with Gasteiger partial charge in [0.25, 0.3) is 0 Å². The Morgan fingerprint density at radius 3 is 2.55 bits per heavy atom. The van der Waals surface area contributed by atoms with Crippen LogP contribution in [-0.2, 0) is 24.1 Å². The fourth-order valence-electron chi connectivity index (χ4n) is 3.64. The van der Waals surface area contributed by atoms with E-state index >= 15 is 0 Å². The van der Waals surface area contributed by atoms with Gasteiger partial charge in [-0.3, -0.25) is 4.79 Å². The molecule has 0 radical (unpaired) electrons. The van der Waals surface area contributed by atoms with Gasteiger partial charge in [-0.25, -0.2) is 8.60 Å². The van der Waals surface area contributed by atoms with Crippen LogP contribution in [0.25, 0.3) is 11.0 Å². The summed E-state index contributed by atoms with van der Waals surface area (Å²) >= 11 is 0. The quantitative estimate of drug-likeness (QED) is 0.536. The van der Waals surface area contributed by atoms with Crippen molar-refractivity contribution in [1.29, 1.82) is 0 Å². The van der Waals surface area contributed by atoms with E-state index in [1.165, 1.54) is 18.2 Å². The van der Waals surface area contributed by atoms with Crippen molar-refractivity contribution in [3.63, 3.8) is 0 Å². The van der Waals surface area contributed by atoms with Crippen LogP contribution in [0, 0.1) is 12.7 Å². The Kier molecular flexibility index (Phi) is 5.33. The fourth-order valence-corrected chi connectivity index (χ4v) is 4.27. The number of fused-ring (bicyclic) bond motifs is 2. The highest BCUT2D eigenvalue weighted by atomic mass is 32.2. The van der Waals surface area contributed by atoms with E-state index in [9.17, 15) is 13.4 Å². The van der Waals surface area contributed by atoms with E-state index in [1.807, 2.05) is 38.7 Å². The van der Waals surface area contributed by atoms with Crippen molar-refractivity contribution in [2.75, 3.05) is 4.90 Å². The van der Waals surface area contributed by atoms with Crippen molar-refractivity contribution in [3.8, 4) is 0 Å². The van der Waals surface area contributed by atoms with Gasteiger partial charge in [0.15, 0.2) is 5.43 Å². The predicted octanol–water partition coefficient (Wildman–Crippen LogP) is 5.03. The molecule has 2 heterocycles. The lowest BCUT2D eigenvalue weighted by molar-refractivity contribution is 0.575. The van der Waals surface area contributed by atoms with Crippen LogP contribution in [0.1, 0.15) is 49.9 Å². The molecule has 31 heavy (non-hydrogen) atoms. The standard InChI is InChI=1S/C24H25FN2O3S/c1-14-8-19(15(2)26-31(29)24(3,4)5)23-20(9-14)21(28)11-22(30-23)27-12-16-6-7-18(25)10-17(16)13-27/h6-11H,12-13H2,1-5H3. The summed E-state index contributed by atoms with van der Waals surface area (Å²) in [6.07, 6.45) is 0. The highest BCUT2D eigenvalue weighted by Gasteiger charge is 2.24. The van der Waals surface area contributed by atoms with Crippen LogP contribution in [0.15, 0.2) is 50.0 Å². The summed E-state index contributed by atoms with van der Waals surface area (Å²) in [6.45, 7) is 10.3. The summed E-state index contributed by atoms with van der Waals surface area (Å²) in [4.78, 5) is 14.9. The second-order valence-corrected chi connectivity index (χ2v) is 10.9. The average Bonchev–Trinajstić information content (AvgIpc) is 3.10. The highest BCUT2D eigenvalue weighted by molar-refractivity contribution is 7.85. The molecule has 0 fully saturated rings. The monoisotopic (exact) mass is 440 g/mol. The van der Waals surface area contributed by atoms with Crippen molar-refractivity contribution in [2.45, 2.75) is 52.5 Å². The molecule has 1 atom stereocenters. The van der Waals surface area contributed by atoms with Crippen molar-refractivity contribution >= 4 is 33.6 Å². The Morgan fingerprint density at radius 1 is 1.13 bits per heavy atom. The Morgan fingerprint density at radius 2 is 1.84 bits per heavy atom. The molecule has 7 heteroatoms. The van der Waals surface area contributed by atoms with Crippen molar-refractivity contribution in [2.24, 2.45) is 4.40 Å². The van der Waals surface area contributed by atoms with Gasteiger partial charge in [0, 0.05) is 24.7 Å². The van der Waals surface area contributed by atoms with Gasteiger partial charge < -0.3 is 9.32 Å². The topological polar surface area (TPSA) is 62.9 Å². The number of hydrogen-bond donors (Lipinski definition) is 0. The molecule has 1 aromatic heterocycles. The van der Waals surface area contributed by atoms with Gasteiger partial charge in [0.05, 0.1) is 15.8 Å². The van der Waals surface area contributed by atoms with Crippen LogP contribution < -0.4 is 10.3 Å².